The van der Waals surface area contributed by atoms with Gasteiger partial charge in [-0.05, 0) is 66.7 Å². The molecule has 0 bridgehead atoms. The van der Waals surface area contributed by atoms with E-state index in [1.54, 1.807) is 0 Å². The molecule has 2 aromatic rings. The van der Waals surface area contributed by atoms with Crippen molar-refractivity contribution in [1.29, 1.82) is 0 Å². The minimum Gasteiger partial charge on any atom is -0.475 e. The molecule has 4 rings (SSSR count). The Labute approximate surface area is 148 Å². The van der Waals surface area contributed by atoms with Crippen molar-refractivity contribution in [2.45, 2.75) is 32.2 Å². The molecule has 3 nitrogen and oxygen atoms in total. The highest BCUT2D eigenvalue weighted by atomic mass is 16.5. The van der Waals surface area contributed by atoms with Crippen LogP contribution in [-0.4, -0.2) is 29.8 Å². The number of ether oxygens (including phenoxy) is 1. The fourth-order valence-electron chi connectivity index (χ4n) is 3.64. The number of rotatable bonds is 3. The molecule has 0 radical (unpaired) electrons. The van der Waals surface area contributed by atoms with Crippen LogP contribution in [0.3, 0.4) is 0 Å². The quantitative estimate of drug-likeness (QED) is 0.923. The van der Waals surface area contributed by atoms with Crippen LogP contribution in [-0.2, 0) is 11.2 Å². The zero-order valence-electron chi connectivity index (χ0n) is 14.7. The predicted molar refractivity (Wildman–Crippen MR) is 101 cm³/mol. The summed E-state index contributed by atoms with van der Waals surface area (Å²) >= 11 is 0. The second-order valence-electron chi connectivity index (χ2n) is 7.39. The minimum atomic E-state index is -0.168. The van der Waals surface area contributed by atoms with Crippen molar-refractivity contribution in [3.63, 3.8) is 0 Å². The van der Waals surface area contributed by atoms with E-state index in [1.165, 1.54) is 11.1 Å². The zero-order chi connectivity index (χ0) is 17.4. The molecule has 0 fully saturated rings. The van der Waals surface area contributed by atoms with Crippen molar-refractivity contribution in [2.75, 3.05) is 13.2 Å². The molecule has 0 aromatic heterocycles. The molecular formula is C22H23NO2. The Bertz CT molecular complexity index is 877. The van der Waals surface area contributed by atoms with Crippen LogP contribution in [0.1, 0.15) is 42.5 Å². The van der Waals surface area contributed by atoms with Crippen LogP contribution in [0.15, 0.2) is 59.1 Å². The van der Waals surface area contributed by atoms with Crippen LogP contribution in [0.4, 0.5) is 0 Å². The summed E-state index contributed by atoms with van der Waals surface area (Å²) in [5.41, 5.74) is 6.77. The maximum absolute atomic E-state index is 9.89. The van der Waals surface area contributed by atoms with E-state index in [2.05, 4.69) is 55.2 Å². The van der Waals surface area contributed by atoms with Gasteiger partial charge in [0.05, 0.1) is 12.1 Å². The molecule has 3 heteroatoms. The van der Waals surface area contributed by atoms with E-state index < -0.39 is 0 Å². The molecule has 0 saturated heterocycles. The summed E-state index contributed by atoms with van der Waals surface area (Å²) in [7, 11) is 0. The molecule has 0 amide bonds. The second kappa shape index (κ2) is 6.16. The lowest BCUT2D eigenvalue weighted by atomic mass is 9.82. The van der Waals surface area contributed by atoms with E-state index in [9.17, 15) is 5.11 Å². The van der Waals surface area contributed by atoms with Crippen molar-refractivity contribution >= 4 is 11.5 Å². The summed E-state index contributed by atoms with van der Waals surface area (Å²) < 4.78 is 5.80. The van der Waals surface area contributed by atoms with Crippen molar-refractivity contribution in [2.24, 2.45) is 4.99 Å². The van der Waals surface area contributed by atoms with Crippen LogP contribution < -0.4 is 0 Å². The Morgan fingerprint density at radius 3 is 2.60 bits per heavy atom. The molecule has 25 heavy (non-hydrogen) atoms. The number of nitrogens with zero attached hydrogens (tertiary/aromatic N) is 1. The van der Waals surface area contributed by atoms with Crippen LogP contribution in [0.25, 0.3) is 5.57 Å². The summed E-state index contributed by atoms with van der Waals surface area (Å²) in [6, 6.07) is 16.8. The average Bonchev–Trinajstić information content (AvgIpc) is 3.00. The van der Waals surface area contributed by atoms with Gasteiger partial charge in [0, 0.05) is 5.56 Å². The third kappa shape index (κ3) is 3.00. The van der Waals surface area contributed by atoms with Crippen molar-refractivity contribution in [1.82, 2.24) is 0 Å². The van der Waals surface area contributed by atoms with Gasteiger partial charge in [-0.15, -0.1) is 0 Å². The van der Waals surface area contributed by atoms with Gasteiger partial charge >= 0.3 is 0 Å². The number of aliphatic hydroxyl groups excluding tert-OH is 1. The first-order chi connectivity index (χ1) is 12.1. The zero-order valence-corrected chi connectivity index (χ0v) is 14.7. The maximum atomic E-state index is 9.89. The first-order valence-electron chi connectivity index (χ1n) is 8.82. The maximum Gasteiger partial charge on any atom is 0.216 e. The number of benzene rings is 2. The van der Waals surface area contributed by atoms with Gasteiger partial charge in [-0.1, -0.05) is 36.4 Å². The molecule has 0 unspecified atom stereocenters. The summed E-state index contributed by atoms with van der Waals surface area (Å²) in [6.07, 6.45) is 1.89. The van der Waals surface area contributed by atoms with Gasteiger partial charge in [-0.3, -0.25) is 0 Å². The molecule has 2 aromatic carbocycles. The molecule has 128 valence electrons. The minimum absolute atomic E-state index is 0.0956. The Kier molecular flexibility index (Phi) is 3.97. The molecular weight excluding hydrogens is 310 g/mol. The number of aliphatic imine (C=N–C) groups is 1. The largest absolute Gasteiger partial charge is 0.475 e. The predicted octanol–water partition coefficient (Wildman–Crippen LogP) is 3.98. The lowest BCUT2D eigenvalue weighted by Gasteiger charge is -2.23. The third-order valence-electron chi connectivity index (χ3n) is 4.89. The van der Waals surface area contributed by atoms with Gasteiger partial charge in [-0.2, -0.15) is 0 Å². The molecule has 0 atom stereocenters. The highest BCUT2D eigenvalue weighted by Crippen LogP contribution is 2.36. The topological polar surface area (TPSA) is 41.8 Å². The third-order valence-corrected chi connectivity index (χ3v) is 4.89. The van der Waals surface area contributed by atoms with Crippen molar-refractivity contribution < 1.29 is 9.84 Å². The van der Waals surface area contributed by atoms with E-state index in [-0.39, 0.29) is 12.1 Å². The normalized spacial score (nSPS) is 18.6. The summed E-state index contributed by atoms with van der Waals surface area (Å²) in [4.78, 5) is 4.69. The molecule has 1 heterocycles. The van der Waals surface area contributed by atoms with E-state index in [1.807, 2.05) is 12.1 Å². The Hall–Kier alpha value is -2.39. The molecule has 1 aliphatic carbocycles. The Morgan fingerprint density at radius 1 is 1.04 bits per heavy atom. The summed E-state index contributed by atoms with van der Waals surface area (Å²) in [5, 5.41) is 9.89. The lowest BCUT2D eigenvalue weighted by molar-refractivity contribution is 0.279. The van der Waals surface area contributed by atoms with Crippen molar-refractivity contribution in [3.8, 4) is 0 Å². The monoisotopic (exact) mass is 333 g/mol. The van der Waals surface area contributed by atoms with Crippen molar-refractivity contribution in [3.05, 3.63) is 76.4 Å². The first kappa shape index (κ1) is 16.1. The van der Waals surface area contributed by atoms with Gasteiger partial charge < -0.3 is 9.84 Å². The average molecular weight is 333 g/mol. The van der Waals surface area contributed by atoms with Gasteiger partial charge in [0.2, 0.25) is 5.90 Å². The highest BCUT2D eigenvalue weighted by molar-refractivity contribution is 5.97. The van der Waals surface area contributed by atoms with E-state index in [0.717, 1.165) is 35.1 Å². The van der Waals surface area contributed by atoms with E-state index in [4.69, 9.17) is 4.74 Å². The van der Waals surface area contributed by atoms with E-state index >= 15 is 0 Å². The SMILES string of the molecule is CC1(C)COC(c2cccc(C3=C(CO)CCc4ccccc43)c2)=N1. The Morgan fingerprint density at radius 2 is 1.84 bits per heavy atom. The number of hydrogen-bond donors (Lipinski definition) is 1. The number of hydrogen-bond acceptors (Lipinski definition) is 3. The molecule has 1 aliphatic heterocycles. The molecule has 0 spiro atoms. The Balaban J connectivity index is 1.82. The van der Waals surface area contributed by atoms with E-state index in [0.29, 0.717) is 12.5 Å². The first-order valence-corrected chi connectivity index (χ1v) is 8.82. The molecule has 1 N–H and O–H groups in total. The van der Waals surface area contributed by atoms with Gasteiger partial charge in [0.15, 0.2) is 0 Å². The summed E-state index contributed by atoms with van der Waals surface area (Å²) in [6.45, 7) is 4.86. The second-order valence-corrected chi connectivity index (χ2v) is 7.39. The van der Waals surface area contributed by atoms with Gasteiger partial charge in [-0.25, -0.2) is 4.99 Å². The number of aliphatic hydroxyl groups is 1. The van der Waals surface area contributed by atoms with Crippen LogP contribution in [0.5, 0.6) is 0 Å². The molecule has 0 saturated carbocycles. The van der Waals surface area contributed by atoms with Crippen LogP contribution in [0.2, 0.25) is 0 Å². The number of aryl methyl sites for hydroxylation is 1. The van der Waals surface area contributed by atoms with Crippen LogP contribution >= 0.6 is 0 Å². The fourth-order valence-corrected chi connectivity index (χ4v) is 3.64. The number of fused-ring (bicyclic) bond motifs is 1. The highest BCUT2D eigenvalue weighted by Gasteiger charge is 2.27. The van der Waals surface area contributed by atoms with Gasteiger partial charge in [0.1, 0.15) is 6.61 Å². The van der Waals surface area contributed by atoms with Gasteiger partial charge in [0.25, 0.3) is 0 Å². The summed E-state index contributed by atoms with van der Waals surface area (Å²) in [5.74, 6) is 0.710. The van der Waals surface area contributed by atoms with Crippen LogP contribution in [0, 0.1) is 0 Å². The fraction of sp³-hybridized carbons (Fsp3) is 0.318. The molecule has 2 aliphatic rings. The lowest BCUT2D eigenvalue weighted by Crippen LogP contribution is -2.17. The smallest absolute Gasteiger partial charge is 0.216 e. The standard InChI is InChI=1S/C22H23NO2/c1-22(2)14-25-21(23-22)17-8-5-7-16(12-17)20-18(13-24)11-10-15-6-3-4-9-19(15)20/h3-9,12,24H,10-11,13-14H2,1-2H3.